The summed E-state index contributed by atoms with van der Waals surface area (Å²) in [6.07, 6.45) is 0.139. The van der Waals surface area contributed by atoms with Crippen LogP contribution in [0.15, 0.2) is 0 Å². The van der Waals surface area contributed by atoms with Crippen LogP contribution in [0.1, 0.15) is 48.5 Å². The number of hydrogen-bond acceptors (Lipinski definition) is 2. The molecule has 0 aliphatic carbocycles. The van der Waals surface area contributed by atoms with Gasteiger partial charge in [-0.3, -0.25) is 0 Å². The van der Waals surface area contributed by atoms with Crippen LogP contribution in [0.2, 0.25) is 0 Å². The van der Waals surface area contributed by atoms with Crippen molar-refractivity contribution in [1.29, 1.82) is 0 Å². The largest absolute Gasteiger partial charge is 0.387 e. The van der Waals surface area contributed by atoms with E-state index in [0.717, 1.165) is 0 Å². The zero-order valence-electron chi connectivity index (χ0n) is 10.0. The van der Waals surface area contributed by atoms with Crippen molar-refractivity contribution >= 4 is 0 Å². The molecule has 1 unspecified atom stereocenters. The van der Waals surface area contributed by atoms with Gasteiger partial charge in [0.1, 0.15) is 0 Å². The van der Waals surface area contributed by atoms with Crippen molar-refractivity contribution in [3.05, 3.63) is 0 Å². The first-order chi connectivity index (χ1) is 5.61. The highest BCUT2D eigenvalue weighted by molar-refractivity contribution is 4.94. The summed E-state index contributed by atoms with van der Waals surface area (Å²) in [7, 11) is 0. The van der Waals surface area contributed by atoms with Crippen LogP contribution in [0.3, 0.4) is 0 Å². The molecule has 0 heterocycles. The zero-order valence-corrected chi connectivity index (χ0v) is 10.0. The third-order valence-electron chi connectivity index (χ3n) is 2.87. The van der Waals surface area contributed by atoms with Gasteiger partial charge in [0.2, 0.25) is 0 Å². The van der Waals surface area contributed by atoms with Crippen LogP contribution in [-0.2, 0) is 4.74 Å². The van der Waals surface area contributed by atoms with Crippen LogP contribution in [0.25, 0.3) is 0 Å². The molecule has 1 N–H and O–H groups in total. The lowest BCUT2D eigenvalue weighted by atomic mass is 9.78. The molecule has 0 amide bonds. The molecule has 0 saturated heterocycles. The topological polar surface area (TPSA) is 29.5 Å². The average Bonchev–Trinajstić information content (AvgIpc) is 1.83. The molecule has 0 bridgehead atoms. The molecule has 0 rings (SSSR count). The predicted octanol–water partition coefficient (Wildman–Crippen LogP) is 2.60. The maximum atomic E-state index is 10.2. The van der Waals surface area contributed by atoms with Gasteiger partial charge >= 0.3 is 0 Å². The second-order valence-corrected chi connectivity index (χ2v) is 4.98. The van der Waals surface area contributed by atoms with Gasteiger partial charge in [-0.15, -0.1) is 0 Å². The Morgan fingerprint density at radius 2 is 1.38 bits per heavy atom. The molecule has 2 heteroatoms. The van der Waals surface area contributed by atoms with Crippen molar-refractivity contribution < 1.29 is 9.84 Å². The monoisotopic (exact) mass is 188 g/mol. The van der Waals surface area contributed by atoms with E-state index in [0.29, 0.717) is 0 Å². The van der Waals surface area contributed by atoms with E-state index in [2.05, 4.69) is 0 Å². The summed E-state index contributed by atoms with van der Waals surface area (Å²) < 4.78 is 5.71. The maximum Gasteiger partial charge on any atom is 0.0925 e. The molecule has 1 atom stereocenters. The van der Waals surface area contributed by atoms with E-state index in [9.17, 15) is 5.11 Å². The van der Waals surface area contributed by atoms with Crippen molar-refractivity contribution in [2.24, 2.45) is 5.92 Å². The Bertz CT molecular complexity index is 157. The van der Waals surface area contributed by atoms with Gasteiger partial charge in [-0.2, -0.15) is 0 Å². The Morgan fingerprint density at radius 1 is 1.00 bits per heavy atom. The maximum absolute atomic E-state index is 10.2. The summed E-state index contributed by atoms with van der Waals surface area (Å²) in [4.78, 5) is 0. The lowest BCUT2D eigenvalue weighted by molar-refractivity contribution is -0.192. The number of hydrogen-bond donors (Lipinski definition) is 1. The quantitative estimate of drug-likeness (QED) is 0.735. The van der Waals surface area contributed by atoms with Crippen LogP contribution in [0, 0.1) is 5.92 Å². The highest BCUT2D eigenvalue weighted by Gasteiger charge is 2.43. The summed E-state index contributed by atoms with van der Waals surface area (Å²) in [5.41, 5.74) is -1.30. The summed E-state index contributed by atoms with van der Waals surface area (Å²) in [6.45, 7) is 13.7. The molecular weight excluding hydrogens is 164 g/mol. The van der Waals surface area contributed by atoms with Crippen LogP contribution < -0.4 is 0 Å². The number of rotatable bonds is 4. The lowest BCUT2D eigenvalue weighted by Crippen LogP contribution is -2.54. The molecule has 0 radical (unpaired) electrons. The number of ether oxygens (including phenoxy) is 1. The van der Waals surface area contributed by atoms with Crippen LogP contribution in [0.5, 0.6) is 0 Å². The Hall–Kier alpha value is -0.0800. The Kier molecular flexibility index (Phi) is 3.95. The molecule has 0 aliphatic heterocycles. The third kappa shape index (κ3) is 2.96. The van der Waals surface area contributed by atoms with Gasteiger partial charge in [0, 0.05) is 0 Å². The molecule has 0 spiro atoms. The molecule has 2 nitrogen and oxygen atoms in total. The minimum absolute atomic E-state index is 0.139. The fourth-order valence-corrected chi connectivity index (χ4v) is 1.40. The van der Waals surface area contributed by atoms with Gasteiger partial charge in [0.05, 0.1) is 17.3 Å². The van der Waals surface area contributed by atoms with Crippen molar-refractivity contribution in [2.45, 2.75) is 65.8 Å². The molecule has 0 aromatic carbocycles. The first kappa shape index (κ1) is 12.9. The molecular formula is C11H24O2. The number of aliphatic hydroxyl groups is 1. The van der Waals surface area contributed by atoms with Crippen LogP contribution >= 0.6 is 0 Å². The SMILES string of the molecule is CC(C)OC(C)(C)C(C)(O)C(C)C. The minimum atomic E-state index is -0.794. The molecule has 0 aliphatic rings. The second kappa shape index (κ2) is 3.97. The summed E-state index contributed by atoms with van der Waals surface area (Å²) >= 11 is 0. The summed E-state index contributed by atoms with van der Waals surface area (Å²) in [6, 6.07) is 0. The van der Waals surface area contributed by atoms with Crippen LogP contribution in [0.4, 0.5) is 0 Å². The Morgan fingerprint density at radius 3 is 1.62 bits per heavy atom. The van der Waals surface area contributed by atoms with Gasteiger partial charge in [0.25, 0.3) is 0 Å². The van der Waals surface area contributed by atoms with E-state index in [1.54, 1.807) is 0 Å². The highest BCUT2D eigenvalue weighted by atomic mass is 16.5. The van der Waals surface area contributed by atoms with Crippen molar-refractivity contribution in [1.82, 2.24) is 0 Å². The lowest BCUT2D eigenvalue weighted by Gasteiger charge is -2.43. The van der Waals surface area contributed by atoms with Gasteiger partial charge in [0.15, 0.2) is 0 Å². The smallest absolute Gasteiger partial charge is 0.0925 e. The molecule has 0 saturated carbocycles. The van der Waals surface area contributed by atoms with E-state index in [4.69, 9.17) is 4.74 Å². The van der Waals surface area contributed by atoms with E-state index in [1.165, 1.54) is 0 Å². The van der Waals surface area contributed by atoms with E-state index in [1.807, 2.05) is 48.5 Å². The van der Waals surface area contributed by atoms with E-state index < -0.39 is 11.2 Å². The van der Waals surface area contributed by atoms with Gasteiger partial charge in [-0.05, 0) is 40.5 Å². The van der Waals surface area contributed by atoms with Crippen LogP contribution in [-0.4, -0.2) is 22.4 Å². The molecule has 80 valence electrons. The molecule has 13 heavy (non-hydrogen) atoms. The van der Waals surface area contributed by atoms with Crippen molar-refractivity contribution in [3.8, 4) is 0 Å². The van der Waals surface area contributed by atoms with Gasteiger partial charge in [-0.25, -0.2) is 0 Å². The standard InChI is InChI=1S/C11H24O2/c1-8(2)11(7,12)10(5,6)13-9(3)4/h8-9,12H,1-7H3. The first-order valence-electron chi connectivity index (χ1n) is 5.01. The Labute approximate surface area is 82.3 Å². The van der Waals surface area contributed by atoms with Crippen molar-refractivity contribution in [3.63, 3.8) is 0 Å². The van der Waals surface area contributed by atoms with Crippen molar-refractivity contribution in [2.75, 3.05) is 0 Å². The van der Waals surface area contributed by atoms with E-state index in [-0.39, 0.29) is 12.0 Å². The second-order valence-electron chi connectivity index (χ2n) is 4.98. The molecule has 0 aromatic heterocycles. The fourth-order valence-electron chi connectivity index (χ4n) is 1.40. The Balaban J connectivity index is 4.60. The average molecular weight is 188 g/mol. The summed E-state index contributed by atoms with van der Waals surface area (Å²) in [5.74, 6) is 0.182. The summed E-state index contributed by atoms with van der Waals surface area (Å²) in [5, 5.41) is 10.2. The first-order valence-corrected chi connectivity index (χ1v) is 5.01. The normalized spacial score (nSPS) is 18.0. The highest BCUT2D eigenvalue weighted by Crippen LogP contribution is 2.33. The fraction of sp³-hybridized carbons (Fsp3) is 1.00. The predicted molar refractivity (Wildman–Crippen MR) is 55.8 cm³/mol. The zero-order chi connectivity index (χ0) is 10.9. The minimum Gasteiger partial charge on any atom is -0.387 e. The molecule has 0 aromatic rings. The van der Waals surface area contributed by atoms with Gasteiger partial charge < -0.3 is 9.84 Å². The molecule has 0 fully saturated rings. The van der Waals surface area contributed by atoms with Gasteiger partial charge in [-0.1, -0.05) is 13.8 Å². The third-order valence-corrected chi connectivity index (χ3v) is 2.87. The van der Waals surface area contributed by atoms with E-state index >= 15 is 0 Å².